The van der Waals surface area contributed by atoms with Gasteiger partial charge in [-0.1, -0.05) is 103 Å². The fourth-order valence-electron chi connectivity index (χ4n) is 8.72. The standard InChI is InChI=1S/C50H29N5/c1-51-34-25-26-48-43(31-34)42-19-12-24-49(55-46-22-9-5-17-40(46)41-18-6-10-23-47(41)55)50(42)54(48)36-14-11-13-32(28-36)33-27-35(52-2)30-37(29-33)53-44-20-7-3-15-38(44)39-16-4-8-21-45(39)53/h3-31H. The average molecular weight is 700 g/mol. The Morgan fingerprint density at radius 1 is 0.327 bits per heavy atom. The van der Waals surface area contributed by atoms with Crippen LogP contribution < -0.4 is 0 Å². The van der Waals surface area contributed by atoms with Gasteiger partial charge in [0.2, 0.25) is 0 Å². The number of nitrogens with zero attached hydrogens (tertiary/aromatic N) is 5. The van der Waals surface area contributed by atoms with E-state index in [0.717, 1.165) is 72.1 Å². The molecule has 0 aliphatic carbocycles. The molecule has 3 heterocycles. The zero-order valence-corrected chi connectivity index (χ0v) is 29.5. The minimum absolute atomic E-state index is 0.581. The number of hydrogen-bond donors (Lipinski definition) is 0. The number of aromatic nitrogens is 3. The highest BCUT2D eigenvalue weighted by atomic mass is 15.1. The van der Waals surface area contributed by atoms with Gasteiger partial charge < -0.3 is 13.7 Å². The Bertz CT molecular complexity index is 3360. The third-order valence-corrected chi connectivity index (χ3v) is 11.0. The zero-order valence-electron chi connectivity index (χ0n) is 29.5. The van der Waals surface area contributed by atoms with E-state index in [1.54, 1.807) is 0 Å². The van der Waals surface area contributed by atoms with E-state index in [1.165, 1.54) is 21.5 Å². The molecule has 0 unspecified atom stereocenters. The van der Waals surface area contributed by atoms with Crippen LogP contribution in [0.15, 0.2) is 176 Å². The number of fused-ring (bicyclic) bond motifs is 9. The molecule has 0 fully saturated rings. The molecule has 8 aromatic carbocycles. The summed E-state index contributed by atoms with van der Waals surface area (Å²) in [6.45, 7) is 16.0. The van der Waals surface area contributed by atoms with Gasteiger partial charge in [-0.2, -0.15) is 0 Å². The van der Waals surface area contributed by atoms with Crippen LogP contribution in [0.5, 0.6) is 0 Å². The van der Waals surface area contributed by atoms with Gasteiger partial charge in [-0.15, -0.1) is 0 Å². The summed E-state index contributed by atoms with van der Waals surface area (Å²) in [5.74, 6) is 0. The molecule has 0 saturated carbocycles. The molecule has 254 valence electrons. The highest BCUT2D eigenvalue weighted by molar-refractivity contribution is 6.16. The Balaban J connectivity index is 1.18. The van der Waals surface area contributed by atoms with Crippen molar-refractivity contribution in [3.05, 3.63) is 199 Å². The normalized spacial score (nSPS) is 11.6. The molecular formula is C50H29N5. The molecule has 11 rings (SSSR count). The summed E-state index contributed by atoms with van der Waals surface area (Å²) in [6, 6.07) is 61.4. The quantitative estimate of drug-likeness (QED) is 0.163. The van der Waals surface area contributed by atoms with Gasteiger partial charge in [-0.25, -0.2) is 9.69 Å². The van der Waals surface area contributed by atoms with Crippen molar-refractivity contribution in [3.63, 3.8) is 0 Å². The van der Waals surface area contributed by atoms with E-state index in [2.05, 4.69) is 175 Å². The van der Waals surface area contributed by atoms with Gasteiger partial charge in [0.15, 0.2) is 11.4 Å². The topological polar surface area (TPSA) is 23.5 Å². The molecule has 0 atom stereocenters. The Hall–Kier alpha value is -7.86. The fraction of sp³-hybridized carbons (Fsp3) is 0. The number of hydrogen-bond acceptors (Lipinski definition) is 0. The van der Waals surface area contributed by atoms with Gasteiger partial charge in [0, 0.05) is 38.3 Å². The zero-order chi connectivity index (χ0) is 36.6. The lowest BCUT2D eigenvalue weighted by molar-refractivity contribution is 1.13. The molecule has 0 saturated heterocycles. The van der Waals surface area contributed by atoms with Crippen molar-refractivity contribution in [2.45, 2.75) is 0 Å². The molecule has 0 spiro atoms. The molecule has 0 N–H and O–H groups in total. The van der Waals surface area contributed by atoms with E-state index in [9.17, 15) is 0 Å². The lowest BCUT2D eigenvalue weighted by atomic mass is 10.0. The van der Waals surface area contributed by atoms with Crippen molar-refractivity contribution in [1.82, 2.24) is 13.7 Å². The minimum atomic E-state index is 0.581. The first-order valence-electron chi connectivity index (χ1n) is 18.3. The average Bonchev–Trinajstić information content (AvgIpc) is 3.89. The van der Waals surface area contributed by atoms with E-state index in [0.29, 0.717) is 11.4 Å². The first-order valence-corrected chi connectivity index (χ1v) is 18.3. The van der Waals surface area contributed by atoms with E-state index >= 15 is 0 Å². The van der Waals surface area contributed by atoms with Crippen LogP contribution in [0.3, 0.4) is 0 Å². The van der Waals surface area contributed by atoms with Crippen LogP contribution >= 0.6 is 0 Å². The van der Waals surface area contributed by atoms with Crippen molar-refractivity contribution in [1.29, 1.82) is 0 Å². The maximum absolute atomic E-state index is 8.12. The summed E-state index contributed by atoms with van der Waals surface area (Å²) in [4.78, 5) is 7.76. The molecule has 55 heavy (non-hydrogen) atoms. The van der Waals surface area contributed by atoms with Gasteiger partial charge in [-0.3, -0.25) is 0 Å². The predicted molar refractivity (Wildman–Crippen MR) is 227 cm³/mol. The summed E-state index contributed by atoms with van der Waals surface area (Å²) in [7, 11) is 0. The summed E-state index contributed by atoms with van der Waals surface area (Å²) >= 11 is 0. The van der Waals surface area contributed by atoms with Crippen LogP contribution in [-0.4, -0.2) is 13.7 Å². The molecule has 11 aromatic rings. The van der Waals surface area contributed by atoms with Crippen LogP contribution in [0.4, 0.5) is 11.4 Å². The van der Waals surface area contributed by atoms with Crippen molar-refractivity contribution < 1.29 is 0 Å². The van der Waals surface area contributed by atoms with Crippen molar-refractivity contribution in [2.24, 2.45) is 0 Å². The Morgan fingerprint density at radius 2 is 0.855 bits per heavy atom. The monoisotopic (exact) mass is 699 g/mol. The predicted octanol–water partition coefficient (Wildman–Crippen LogP) is 13.7. The highest BCUT2D eigenvalue weighted by Gasteiger charge is 2.21. The van der Waals surface area contributed by atoms with Gasteiger partial charge in [0.25, 0.3) is 0 Å². The Kier molecular flexibility index (Phi) is 6.61. The third-order valence-electron chi connectivity index (χ3n) is 11.0. The second kappa shape index (κ2) is 11.8. The van der Waals surface area contributed by atoms with Gasteiger partial charge in [-0.05, 0) is 89.3 Å². The SMILES string of the molecule is [C-]#[N+]c1cc(-c2cccc(-n3c4ccc([N+]#[C-])cc4c4cccc(-n5c6ccccc6c6ccccc65)c43)c2)cc(-n2c3ccccc3c3ccccc32)c1. The van der Waals surface area contributed by atoms with Crippen LogP contribution in [0.1, 0.15) is 0 Å². The summed E-state index contributed by atoms with van der Waals surface area (Å²) in [5.41, 5.74) is 12.7. The number of rotatable bonds is 4. The summed E-state index contributed by atoms with van der Waals surface area (Å²) in [5, 5.41) is 6.87. The molecule has 0 aliphatic heterocycles. The molecule has 5 heteroatoms. The Morgan fingerprint density at radius 3 is 1.47 bits per heavy atom. The van der Waals surface area contributed by atoms with E-state index in [4.69, 9.17) is 13.1 Å². The minimum Gasteiger partial charge on any atom is -0.310 e. The first kappa shape index (κ1) is 30.7. The first-order chi connectivity index (χ1) is 27.2. The largest absolute Gasteiger partial charge is 0.310 e. The van der Waals surface area contributed by atoms with Gasteiger partial charge in [0.05, 0.1) is 51.9 Å². The lowest BCUT2D eigenvalue weighted by Gasteiger charge is -2.16. The van der Waals surface area contributed by atoms with E-state index in [-0.39, 0.29) is 0 Å². The summed E-state index contributed by atoms with van der Waals surface area (Å²) < 4.78 is 6.99. The maximum atomic E-state index is 8.12. The van der Waals surface area contributed by atoms with Crippen LogP contribution in [-0.2, 0) is 0 Å². The van der Waals surface area contributed by atoms with Crippen molar-refractivity contribution in [3.8, 4) is 28.2 Å². The van der Waals surface area contributed by atoms with E-state index in [1.807, 2.05) is 24.3 Å². The molecular weight excluding hydrogens is 671 g/mol. The number of para-hydroxylation sites is 5. The van der Waals surface area contributed by atoms with Crippen LogP contribution in [0.25, 0.3) is 103 Å². The highest BCUT2D eigenvalue weighted by Crippen LogP contribution is 2.42. The molecule has 3 aromatic heterocycles. The molecule has 0 radical (unpaired) electrons. The van der Waals surface area contributed by atoms with E-state index < -0.39 is 0 Å². The number of benzene rings is 8. The van der Waals surface area contributed by atoms with Gasteiger partial charge in [0.1, 0.15) is 0 Å². The van der Waals surface area contributed by atoms with Crippen molar-refractivity contribution >= 4 is 76.8 Å². The summed E-state index contributed by atoms with van der Waals surface area (Å²) in [6.07, 6.45) is 0. The van der Waals surface area contributed by atoms with Crippen LogP contribution in [0.2, 0.25) is 0 Å². The molecule has 0 aliphatic rings. The molecule has 0 amide bonds. The van der Waals surface area contributed by atoms with Gasteiger partial charge >= 0.3 is 0 Å². The smallest absolute Gasteiger partial charge is 0.189 e. The third kappa shape index (κ3) is 4.51. The maximum Gasteiger partial charge on any atom is 0.189 e. The Labute approximate surface area is 316 Å². The second-order valence-electron chi connectivity index (χ2n) is 14.0. The van der Waals surface area contributed by atoms with Crippen molar-refractivity contribution in [2.75, 3.05) is 0 Å². The van der Waals surface area contributed by atoms with Crippen LogP contribution in [0, 0.1) is 13.1 Å². The molecule has 0 bridgehead atoms. The second-order valence-corrected chi connectivity index (χ2v) is 14.0. The lowest BCUT2D eigenvalue weighted by Crippen LogP contribution is -2.01. The molecule has 5 nitrogen and oxygen atoms in total. The fourth-order valence-corrected chi connectivity index (χ4v) is 8.72.